The molecule has 2 rings (SSSR count). The van der Waals surface area contributed by atoms with Gasteiger partial charge in [0.25, 0.3) is 5.91 Å². The van der Waals surface area contributed by atoms with Crippen molar-refractivity contribution in [2.24, 2.45) is 0 Å². The molecule has 0 aliphatic heterocycles. The lowest BCUT2D eigenvalue weighted by Gasteiger charge is -2.18. The summed E-state index contributed by atoms with van der Waals surface area (Å²) < 4.78 is 6.39. The standard InChI is InChI=1S/C17H18BrNO2/c1-12-6-3-4-9-15(12)16(21-2)11-19-17(20)13-7-5-8-14(18)10-13/h3-10,16H,11H2,1-2H3,(H,19,20)/t16-/m1/s1. The largest absolute Gasteiger partial charge is 0.375 e. The van der Waals surface area contributed by atoms with Gasteiger partial charge in [0.05, 0.1) is 6.10 Å². The molecule has 1 amide bonds. The van der Waals surface area contributed by atoms with Crippen LogP contribution in [0.1, 0.15) is 27.6 Å². The molecule has 2 aromatic carbocycles. The van der Waals surface area contributed by atoms with E-state index in [4.69, 9.17) is 4.74 Å². The number of halogens is 1. The molecule has 0 spiro atoms. The Bertz CT molecular complexity index is 628. The van der Waals surface area contributed by atoms with Gasteiger partial charge in [-0.2, -0.15) is 0 Å². The Labute approximate surface area is 133 Å². The third kappa shape index (κ3) is 4.16. The average molecular weight is 348 g/mol. The van der Waals surface area contributed by atoms with Gasteiger partial charge < -0.3 is 10.1 Å². The van der Waals surface area contributed by atoms with Crippen LogP contribution in [0.25, 0.3) is 0 Å². The van der Waals surface area contributed by atoms with E-state index in [-0.39, 0.29) is 12.0 Å². The van der Waals surface area contributed by atoms with Crippen LogP contribution in [0, 0.1) is 6.92 Å². The minimum absolute atomic E-state index is 0.105. The second-order valence-electron chi connectivity index (χ2n) is 4.80. The van der Waals surface area contributed by atoms with E-state index in [1.165, 1.54) is 0 Å². The third-order valence-corrected chi connectivity index (χ3v) is 3.85. The highest BCUT2D eigenvalue weighted by atomic mass is 79.9. The van der Waals surface area contributed by atoms with Crippen molar-refractivity contribution in [2.75, 3.05) is 13.7 Å². The first-order valence-corrected chi connectivity index (χ1v) is 7.53. The van der Waals surface area contributed by atoms with E-state index in [0.29, 0.717) is 12.1 Å². The van der Waals surface area contributed by atoms with Gasteiger partial charge >= 0.3 is 0 Å². The van der Waals surface area contributed by atoms with Crippen molar-refractivity contribution < 1.29 is 9.53 Å². The van der Waals surface area contributed by atoms with Crippen LogP contribution in [0.5, 0.6) is 0 Å². The van der Waals surface area contributed by atoms with E-state index in [9.17, 15) is 4.79 Å². The highest BCUT2D eigenvalue weighted by Gasteiger charge is 2.14. The van der Waals surface area contributed by atoms with Crippen LogP contribution in [-0.4, -0.2) is 19.6 Å². The summed E-state index contributed by atoms with van der Waals surface area (Å²) in [7, 11) is 1.66. The van der Waals surface area contributed by atoms with E-state index < -0.39 is 0 Å². The van der Waals surface area contributed by atoms with Crippen molar-refractivity contribution in [3.8, 4) is 0 Å². The van der Waals surface area contributed by atoms with Crippen molar-refractivity contribution in [3.05, 3.63) is 69.7 Å². The maximum Gasteiger partial charge on any atom is 0.251 e. The van der Waals surface area contributed by atoms with Gasteiger partial charge in [-0.05, 0) is 36.2 Å². The van der Waals surface area contributed by atoms with E-state index in [1.54, 1.807) is 19.2 Å². The lowest BCUT2D eigenvalue weighted by Crippen LogP contribution is -2.29. The molecule has 0 fully saturated rings. The molecule has 4 heteroatoms. The number of nitrogens with one attached hydrogen (secondary N) is 1. The highest BCUT2D eigenvalue weighted by Crippen LogP contribution is 2.20. The number of ether oxygens (including phenoxy) is 1. The number of amides is 1. The molecule has 1 N–H and O–H groups in total. The molecule has 3 nitrogen and oxygen atoms in total. The van der Waals surface area contributed by atoms with Gasteiger partial charge in [-0.1, -0.05) is 46.3 Å². The predicted molar refractivity (Wildman–Crippen MR) is 87.4 cm³/mol. The van der Waals surface area contributed by atoms with Crippen molar-refractivity contribution >= 4 is 21.8 Å². The Morgan fingerprint density at radius 3 is 2.67 bits per heavy atom. The third-order valence-electron chi connectivity index (χ3n) is 3.35. The van der Waals surface area contributed by atoms with Crippen molar-refractivity contribution in [3.63, 3.8) is 0 Å². The zero-order chi connectivity index (χ0) is 15.2. The number of carbonyl (C=O) groups excluding carboxylic acids is 1. The molecule has 0 aromatic heterocycles. The summed E-state index contributed by atoms with van der Waals surface area (Å²) in [6.07, 6.45) is -0.151. The van der Waals surface area contributed by atoms with Crippen molar-refractivity contribution in [1.82, 2.24) is 5.32 Å². The molecular formula is C17H18BrNO2. The first kappa shape index (κ1) is 15.7. The minimum Gasteiger partial charge on any atom is -0.375 e. The van der Waals surface area contributed by atoms with Gasteiger partial charge in [0, 0.05) is 23.7 Å². The molecule has 0 aliphatic rings. The SMILES string of the molecule is CO[C@H](CNC(=O)c1cccc(Br)c1)c1ccccc1C. The number of hydrogen-bond acceptors (Lipinski definition) is 2. The van der Waals surface area contributed by atoms with Gasteiger partial charge in [-0.25, -0.2) is 0 Å². The van der Waals surface area contributed by atoms with Gasteiger partial charge in [0.2, 0.25) is 0 Å². The summed E-state index contributed by atoms with van der Waals surface area (Å²) in [5, 5.41) is 2.92. The zero-order valence-electron chi connectivity index (χ0n) is 12.1. The van der Waals surface area contributed by atoms with E-state index in [1.807, 2.05) is 43.3 Å². The lowest BCUT2D eigenvalue weighted by molar-refractivity contribution is 0.0826. The molecule has 0 radical (unpaired) electrons. The molecule has 110 valence electrons. The maximum absolute atomic E-state index is 12.1. The average Bonchev–Trinajstić information content (AvgIpc) is 2.49. The Kier molecular flexibility index (Phi) is 5.53. The molecule has 21 heavy (non-hydrogen) atoms. The van der Waals surface area contributed by atoms with E-state index in [0.717, 1.165) is 15.6 Å². The van der Waals surface area contributed by atoms with Crippen molar-refractivity contribution in [2.45, 2.75) is 13.0 Å². The number of benzene rings is 2. The van der Waals surface area contributed by atoms with Crippen LogP contribution in [-0.2, 0) is 4.74 Å². The van der Waals surface area contributed by atoms with E-state index >= 15 is 0 Å². The Morgan fingerprint density at radius 1 is 1.24 bits per heavy atom. The van der Waals surface area contributed by atoms with Crippen LogP contribution in [0.15, 0.2) is 53.0 Å². The van der Waals surface area contributed by atoms with Crippen LogP contribution < -0.4 is 5.32 Å². The fourth-order valence-electron chi connectivity index (χ4n) is 2.19. The summed E-state index contributed by atoms with van der Waals surface area (Å²) in [5.41, 5.74) is 2.87. The summed E-state index contributed by atoms with van der Waals surface area (Å²) in [6, 6.07) is 15.3. The van der Waals surface area contributed by atoms with Crippen molar-refractivity contribution in [1.29, 1.82) is 0 Å². The normalized spacial score (nSPS) is 12.0. The van der Waals surface area contributed by atoms with Crippen LogP contribution >= 0.6 is 15.9 Å². The first-order chi connectivity index (χ1) is 10.1. The molecule has 0 saturated heterocycles. The topological polar surface area (TPSA) is 38.3 Å². The van der Waals surface area contributed by atoms with Crippen LogP contribution in [0.3, 0.4) is 0 Å². The Hall–Kier alpha value is -1.65. The summed E-state index contributed by atoms with van der Waals surface area (Å²) in [5.74, 6) is -0.105. The zero-order valence-corrected chi connectivity index (χ0v) is 13.7. The lowest BCUT2D eigenvalue weighted by atomic mass is 10.0. The molecule has 0 aliphatic carbocycles. The maximum atomic E-state index is 12.1. The molecule has 0 heterocycles. The molecular weight excluding hydrogens is 330 g/mol. The summed E-state index contributed by atoms with van der Waals surface area (Å²) >= 11 is 3.37. The number of methoxy groups -OCH3 is 1. The second-order valence-corrected chi connectivity index (χ2v) is 5.72. The predicted octanol–water partition coefficient (Wildman–Crippen LogP) is 3.88. The van der Waals surface area contributed by atoms with Crippen LogP contribution in [0.4, 0.5) is 0 Å². The molecule has 2 aromatic rings. The fourth-order valence-corrected chi connectivity index (χ4v) is 2.58. The Balaban J connectivity index is 2.04. The minimum atomic E-state index is -0.151. The summed E-state index contributed by atoms with van der Waals surface area (Å²) in [6.45, 7) is 2.48. The highest BCUT2D eigenvalue weighted by molar-refractivity contribution is 9.10. The molecule has 0 unspecified atom stereocenters. The van der Waals surface area contributed by atoms with Crippen LogP contribution in [0.2, 0.25) is 0 Å². The van der Waals surface area contributed by atoms with E-state index in [2.05, 4.69) is 21.2 Å². The molecule has 1 atom stereocenters. The van der Waals surface area contributed by atoms with Gasteiger partial charge in [-0.3, -0.25) is 4.79 Å². The second kappa shape index (κ2) is 7.38. The molecule has 0 saturated carbocycles. The Morgan fingerprint density at radius 2 is 2.00 bits per heavy atom. The fraction of sp³-hybridized carbons (Fsp3) is 0.235. The monoisotopic (exact) mass is 347 g/mol. The number of rotatable bonds is 5. The number of aryl methyl sites for hydroxylation is 1. The smallest absolute Gasteiger partial charge is 0.251 e. The van der Waals surface area contributed by atoms with Gasteiger partial charge in [0.1, 0.15) is 0 Å². The summed E-state index contributed by atoms with van der Waals surface area (Å²) in [4.78, 5) is 12.1. The quantitative estimate of drug-likeness (QED) is 0.891. The first-order valence-electron chi connectivity index (χ1n) is 6.74. The molecule has 0 bridgehead atoms. The number of carbonyl (C=O) groups is 1. The van der Waals surface area contributed by atoms with Gasteiger partial charge in [-0.15, -0.1) is 0 Å². The number of hydrogen-bond donors (Lipinski definition) is 1. The van der Waals surface area contributed by atoms with Gasteiger partial charge in [0.15, 0.2) is 0 Å².